The van der Waals surface area contributed by atoms with Crippen molar-refractivity contribution in [3.8, 4) is 5.75 Å². The molecule has 0 atom stereocenters. The van der Waals surface area contributed by atoms with Gasteiger partial charge in [0, 0.05) is 43.7 Å². The molecule has 1 aromatic carbocycles. The summed E-state index contributed by atoms with van der Waals surface area (Å²) in [5, 5.41) is 4.13. The Labute approximate surface area is 116 Å². The SMILES string of the molecule is Cn1nccc1CCN1C(=O)COc2cc(N)ccc21. The Morgan fingerprint density at radius 2 is 2.25 bits per heavy atom. The highest BCUT2D eigenvalue weighted by atomic mass is 16.5. The van der Waals surface area contributed by atoms with Crippen LogP contribution in [-0.2, 0) is 18.3 Å². The van der Waals surface area contributed by atoms with Crippen LogP contribution in [0.25, 0.3) is 0 Å². The standard InChI is InChI=1S/C14H16N4O2/c1-17-11(4-6-16-17)5-7-18-12-3-2-10(15)8-13(12)20-9-14(18)19/h2-4,6,8H,5,7,9,15H2,1H3. The van der Waals surface area contributed by atoms with Crippen molar-refractivity contribution >= 4 is 17.3 Å². The van der Waals surface area contributed by atoms with E-state index in [1.54, 1.807) is 23.2 Å². The molecule has 2 heterocycles. The van der Waals surface area contributed by atoms with Crippen molar-refractivity contribution in [2.75, 3.05) is 23.8 Å². The van der Waals surface area contributed by atoms with E-state index < -0.39 is 0 Å². The highest BCUT2D eigenvalue weighted by Gasteiger charge is 2.25. The molecule has 0 saturated heterocycles. The lowest BCUT2D eigenvalue weighted by molar-refractivity contribution is -0.121. The third-order valence-corrected chi connectivity index (χ3v) is 3.44. The maximum Gasteiger partial charge on any atom is 0.265 e. The van der Waals surface area contributed by atoms with E-state index in [1.807, 2.05) is 23.9 Å². The summed E-state index contributed by atoms with van der Waals surface area (Å²) in [7, 11) is 1.89. The topological polar surface area (TPSA) is 73.4 Å². The number of nitrogens with two attached hydrogens (primary N) is 1. The van der Waals surface area contributed by atoms with Crippen LogP contribution in [0.4, 0.5) is 11.4 Å². The Balaban J connectivity index is 1.82. The van der Waals surface area contributed by atoms with Crippen LogP contribution in [0.5, 0.6) is 5.75 Å². The minimum Gasteiger partial charge on any atom is -0.481 e. The van der Waals surface area contributed by atoms with Gasteiger partial charge in [-0.15, -0.1) is 0 Å². The number of amides is 1. The summed E-state index contributed by atoms with van der Waals surface area (Å²) in [5.74, 6) is 0.624. The summed E-state index contributed by atoms with van der Waals surface area (Å²) in [4.78, 5) is 13.8. The van der Waals surface area contributed by atoms with Gasteiger partial charge in [-0.1, -0.05) is 0 Å². The summed E-state index contributed by atoms with van der Waals surface area (Å²) in [6, 6.07) is 7.30. The zero-order chi connectivity index (χ0) is 14.1. The number of aryl methyl sites for hydroxylation is 1. The predicted molar refractivity (Wildman–Crippen MR) is 75.6 cm³/mol. The van der Waals surface area contributed by atoms with E-state index in [4.69, 9.17) is 10.5 Å². The highest BCUT2D eigenvalue weighted by Crippen LogP contribution is 2.33. The number of hydrogen-bond donors (Lipinski definition) is 1. The first kappa shape index (κ1) is 12.5. The van der Waals surface area contributed by atoms with Crippen molar-refractivity contribution in [2.45, 2.75) is 6.42 Å². The fourth-order valence-electron chi connectivity index (χ4n) is 2.34. The van der Waals surface area contributed by atoms with Gasteiger partial charge in [0.25, 0.3) is 5.91 Å². The minimum atomic E-state index is -0.0376. The van der Waals surface area contributed by atoms with E-state index in [0.29, 0.717) is 18.0 Å². The molecule has 1 aliphatic rings. The number of anilines is 2. The molecule has 0 saturated carbocycles. The fourth-order valence-corrected chi connectivity index (χ4v) is 2.34. The lowest BCUT2D eigenvalue weighted by Crippen LogP contribution is -2.40. The van der Waals surface area contributed by atoms with Crippen molar-refractivity contribution in [3.63, 3.8) is 0 Å². The van der Waals surface area contributed by atoms with E-state index in [0.717, 1.165) is 17.8 Å². The summed E-state index contributed by atoms with van der Waals surface area (Å²) in [6.45, 7) is 0.653. The van der Waals surface area contributed by atoms with E-state index in [1.165, 1.54) is 0 Å². The maximum absolute atomic E-state index is 12.0. The zero-order valence-corrected chi connectivity index (χ0v) is 11.2. The van der Waals surface area contributed by atoms with Crippen LogP contribution < -0.4 is 15.4 Å². The Morgan fingerprint density at radius 1 is 1.40 bits per heavy atom. The average Bonchev–Trinajstić information content (AvgIpc) is 2.83. The summed E-state index contributed by atoms with van der Waals surface area (Å²) in [6.07, 6.45) is 2.50. The van der Waals surface area contributed by atoms with Crippen LogP contribution in [-0.4, -0.2) is 28.8 Å². The lowest BCUT2D eigenvalue weighted by atomic mass is 10.2. The molecule has 0 spiro atoms. The molecule has 0 fully saturated rings. The minimum absolute atomic E-state index is 0.0376. The number of benzene rings is 1. The van der Waals surface area contributed by atoms with Crippen molar-refractivity contribution in [3.05, 3.63) is 36.2 Å². The maximum atomic E-state index is 12.0. The largest absolute Gasteiger partial charge is 0.481 e. The van der Waals surface area contributed by atoms with E-state index in [2.05, 4.69) is 5.10 Å². The van der Waals surface area contributed by atoms with E-state index in [-0.39, 0.29) is 12.5 Å². The first-order valence-corrected chi connectivity index (χ1v) is 6.45. The third-order valence-electron chi connectivity index (χ3n) is 3.44. The molecule has 3 rings (SSSR count). The van der Waals surface area contributed by atoms with Gasteiger partial charge in [0.2, 0.25) is 0 Å². The number of hydrogen-bond acceptors (Lipinski definition) is 4. The predicted octanol–water partition coefficient (Wildman–Crippen LogP) is 0.970. The second-order valence-corrected chi connectivity index (χ2v) is 4.76. The molecule has 0 aliphatic carbocycles. The molecule has 6 nitrogen and oxygen atoms in total. The van der Waals surface area contributed by atoms with Crippen LogP contribution in [0.1, 0.15) is 5.69 Å². The van der Waals surface area contributed by atoms with Crippen LogP contribution in [0.15, 0.2) is 30.5 Å². The number of aromatic nitrogens is 2. The molecule has 2 aromatic rings. The van der Waals surface area contributed by atoms with Gasteiger partial charge in [0.05, 0.1) is 5.69 Å². The first-order chi connectivity index (χ1) is 9.65. The molecule has 20 heavy (non-hydrogen) atoms. The van der Waals surface area contributed by atoms with Gasteiger partial charge in [-0.05, 0) is 18.2 Å². The monoisotopic (exact) mass is 272 g/mol. The summed E-state index contributed by atoms with van der Waals surface area (Å²) in [5.41, 5.74) is 8.23. The van der Waals surface area contributed by atoms with Gasteiger partial charge < -0.3 is 15.4 Å². The number of carbonyl (C=O) groups is 1. The van der Waals surface area contributed by atoms with Crippen molar-refractivity contribution < 1.29 is 9.53 Å². The Bertz CT molecular complexity index is 650. The number of carbonyl (C=O) groups excluding carboxylic acids is 1. The number of ether oxygens (including phenoxy) is 1. The van der Waals surface area contributed by atoms with Gasteiger partial charge in [-0.25, -0.2) is 0 Å². The molecule has 1 aromatic heterocycles. The molecular weight excluding hydrogens is 256 g/mol. The Hall–Kier alpha value is -2.50. The molecule has 1 amide bonds. The first-order valence-electron chi connectivity index (χ1n) is 6.45. The van der Waals surface area contributed by atoms with Crippen LogP contribution in [0.3, 0.4) is 0 Å². The fraction of sp³-hybridized carbons (Fsp3) is 0.286. The molecule has 1 aliphatic heterocycles. The Morgan fingerprint density at radius 3 is 3.00 bits per heavy atom. The number of rotatable bonds is 3. The highest BCUT2D eigenvalue weighted by molar-refractivity contribution is 5.98. The second kappa shape index (κ2) is 4.88. The molecule has 0 bridgehead atoms. The molecule has 6 heteroatoms. The van der Waals surface area contributed by atoms with Crippen molar-refractivity contribution in [2.24, 2.45) is 7.05 Å². The molecule has 2 N–H and O–H groups in total. The quantitative estimate of drug-likeness (QED) is 0.845. The smallest absolute Gasteiger partial charge is 0.265 e. The van der Waals surface area contributed by atoms with Crippen LogP contribution in [0.2, 0.25) is 0 Å². The molecular formula is C14H16N4O2. The average molecular weight is 272 g/mol. The van der Waals surface area contributed by atoms with Gasteiger partial charge in [-0.3, -0.25) is 9.48 Å². The van der Waals surface area contributed by atoms with Crippen molar-refractivity contribution in [1.29, 1.82) is 0 Å². The third kappa shape index (κ3) is 2.20. The van der Waals surface area contributed by atoms with Crippen LogP contribution in [0, 0.1) is 0 Å². The summed E-state index contributed by atoms with van der Waals surface area (Å²) < 4.78 is 7.23. The molecule has 0 unspecified atom stereocenters. The normalized spacial score (nSPS) is 14.1. The summed E-state index contributed by atoms with van der Waals surface area (Å²) >= 11 is 0. The molecule has 104 valence electrons. The number of nitrogens with zero attached hydrogens (tertiary/aromatic N) is 3. The second-order valence-electron chi connectivity index (χ2n) is 4.76. The van der Waals surface area contributed by atoms with Crippen molar-refractivity contribution in [1.82, 2.24) is 9.78 Å². The van der Waals surface area contributed by atoms with Gasteiger partial charge in [0.15, 0.2) is 6.61 Å². The van der Waals surface area contributed by atoms with E-state index >= 15 is 0 Å². The van der Waals surface area contributed by atoms with Gasteiger partial charge in [-0.2, -0.15) is 5.10 Å². The lowest BCUT2D eigenvalue weighted by Gasteiger charge is -2.29. The number of fused-ring (bicyclic) bond motifs is 1. The Kier molecular flexibility index (Phi) is 3.06. The van der Waals surface area contributed by atoms with E-state index in [9.17, 15) is 4.79 Å². The number of nitrogen functional groups attached to an aromatic ring is 1. The molecule has 0 radical (unpaired) electrons. The van der Waals surface area contributed by atoms with Crippen LogP contribution >= 0.6 is 0 Å². The van der Waals surface area contributed by atoms with Gasteiger partial charge >= 0.3 is 0 Å². The zero-order valence-electron chi connectivity index (χ0n) is 11.2. The van der Waals surface area contributed by atoms with Gasteiger partial charge in [0.1, 0.15) is 5.75 Å².